The highest BCUT2D eigenvalue weighted by molar-refractivity contribution is 5.51. The lowest BCUT2D eigenvalue weighted by molar-refractivity contribution is 0.0846. The van der Waals surface area contributed by atoms with Gasteiger partial charge >= 0.3 is 0 Å². The second kappa shape index (κ2) is 8.88. The van der Waals surface area contributed by atoms with Gasteiger partial charge in [0.2, 0.25) is 0 Å². The van der Waals surface area contributed by atoms with Crippen molar-refractivity contribution in [2.45, 2.75) is 39.8 Å². The Bertz CT molecular complexity index is 355. The van der Waals surface area contributed by atoms with Crippen molar-refractivity contribution >= 4 is 5.69 Å². The number of nitrogens with zero attached hydrogens (tertiary/aromatic N) is 2. The zero-order chi connectivity index (χ0) is 14.1. The van der Waals surface area contributed by atoms with Crippen LogP contribution in [-0.4, -0.2) is 37.8 Å². The SMILES string of the molecule is CCCNCc1cnccc1N(C)CCOC(C)C. The molecule has 19 heavy (non-hydrogen) atoms. The van der Waals surface area contributed by atoms with Gasteiger partial charge in [-0.05, 0) is 32.9 Å². The first-order valence-corrected chi connectivity index (χ1v) is 7.11. The van der Waals surface area contributed by atoms with E-state index in [0.29, 0.717) is 0 Å². The summed E-state index contributed by atoms with van der Waals surface area (Å²) in [5, 5.41) is 3.42. The smallest absolute Gasteiger partial charge is 0.0644 e. The van der Waals surface area contributed by atoms with Gasteiger partial charge in [0.1, 0.15) is 0 Å². The van der Waals surface area contributed by atoms with E-state index in [1.54, 1.807) is 0 Å². The number of ether oxygens (including phenoxy) is 1. The van der Waals surface area contributed by atoms with Crippen LogP contribution in [0.1, 0.15) is 32.8 Å². The largest absolute Gasteiger partial charge is 0.377 e. The number of hydrogen-bond donors (Lipinski definition) is 1. The van der Waals surface area contributed by atoms with E-state index >= 15 is 0 Å². The molecule has 0 saturated heterocycles. The van der Waals surface area contributed by atoms with E-state index in [-0.39, 0.29) is 6.10 Å². The van der Waals surface area contributed by atoms with Gasteiger partial charge in [0, 0.05) is 43.8 Å². The van der Waals surface area contributed by atoms with Gasteiger partial charge in [0.15, 0.2) is 0 Å². The lowest BCUT2D eigenvalue weighted by atomic mass is 10.2. The Morgan fingerprint density at radius 1 is 1.42 bits per heavy atom. The first-order chi connectivity index (χ1) is 9.15. The van der Waals surface area contributed by atoms with E-state index in [9.17, 15) is 0 Å². The van der Waals surface area contributed by atoms with Crippen LogP contribution in [0.2, 0.25) is 0 Å². The van der Waals surface area contributed by atoms with Crippen molar-refractivity contribution in [1.82, 2.24) is 10.3 Å². The van der Waals surface area contributed by atoms with Crippen LogP contribution < -0.4 is 10.2 Å². The molecule has 0 spiro atoms. The van der Waals surface area contributed by atoms with Crippen molar-refractivity contribution in [2.24, 2.45) is 0 Å². The van der Waals surface area contributed by atoms with Crippen LogP contribution in [0.15, 0.2) is 18.5 Å². The van der Waals surface area contributed by atoms with Gasteiger partial charge in [0.05, 0.1) is 12.7 Å². The number of hydrogen-bond acceptors (Lipinski definition) is 4. The molecule has 0 aliphatic carbocycles. The van der Waals surface area contributed by atoms with Crippen LogP contribution in [0, 0.1) is 0 Å². The number of rotatable bonds is 9. The monoisotopic (exact) mass is 265 g/mol. The quantitative estimate of drug-likeness (QED) is 0.696. The third-order valence-corrected chi connectivity index (χ3v) is 2.91. The molecular weight excluding hydrogens is 238 g/mol. The van der Waals surface area contributed by atoms with Gasteiger partial charge in [-0.3, -0.25) is 4.98 Å². The number of pyridine rings is 1. The second-order valence-electron chi connectivity index (χ2n) is 5.02. The molecule has 0 bridgehead atoms. The molecule has 4 nitrogen and oxygen atoms in total. The highest BCUT2D eigenvalue weighted by Crippen LogP contribution is 2.17. The van der Waals surface area contributed by atoms with E-state index in [4.69, 9.17) is 4.74 Å². The lowest BCUT2D eigenvalue weighted by Crippen LogP contribution is -2.26. The van der Waals surface area contributed by atoms with Crippen molar-refractivity contribution < 1.29 is 4.74 Å². The standard InChI is InChI=1S/C15H27N3O/c1-5-7-16-11-14-12-17-8-6-15(14)18(4)9-10-19-13(2)3/h6,8,12-13,16H,5,7,9-11H2,1-4H3. The first kappa shape index (κ1) is 15.9. The van der Waals surface area contributed by atoms with Crippen molar-refractivity contribution in [1.29, 1.82) is 0 Å². The molecule has 0 radical (unpaired) electrons. The van der Waals surface area contributed by atoms with Gasteiger partial charge in [0.25, 0.3) is 0 Å². The summed E-state index contributed by atoms with van der Waals surface area (Å²) in [6.07, 6.45) is 5.22. The fourth-order valence-electron chi connectivity index (χ4n) is 1.87. The molecule has 0 amide bonds. The van der Waals surface area contributed by atoms with Crippen molar-refractivity contribution in [3.8, 4) is 0 Å². The highest BCUT2D eigenvalue weighted by Gasteiger charge is 2.07. The highest BCUT2D eigenvalue weighted by atomic mass is 16.5. The molecule has 1 aromatic rings. The van der Waals surface area contributed by atoms with Crippen molar-refractivity contribution in [3.63, 3.8) is 0 Å². The van der Waals surface area contributed by atoms with E-state index in [1.807, 2.05) is 12.4 Å². The Hall–Kier alpha value is -1.13. The number of likely N-dealkylation sites (N-methyl/N-ethyl adjacent to an activating group) is 1. The molecule has 1 aromatic heterocycles. The summed E-state index contributed by atoms with van der Waals surface area (Å²) in [6, 6.07) is 2.07. The van der Waals surface area contributed by atoms with E-state index in [2.05, 4.69) is 49.1 Å². The summed E-state index contributed by atoms with van der Waals surface area (Å²) in [5.74, 6) is 0. The number of anilines is 1. The van der Waals surface area contributed by atoms with Crippen molar-refractivity contribution in [2.75, 3.05) is 31.6 Å². The normalized spacial score (nSPS) is 11.0. The summed E-state index contributed by atoms with van der Waals surface area (Å²) >= 11 is 0. The van der Waals surface area contributed by atoms with Crippen LogP contribution in [0.4, 0.5) is 5.69 Å². The minimum absolute atomic E-state index is 0.288. The zero-order valence-electron chi connectivity index (χ0n) is 12.6. The molecule has 0 aliphatic heterocycles. The average molecular weight is 265 g/mol. The van der Waals surface area contributed by atoms with Gasteiger partial charge in [-0.2, -0.15) is 0 Å². The molecule has 0 atom stereocenters. The van der Waals surface area contributed by atoms with Crippen LogP contribution >= 0.6 is 0 Å². The van der Waals surface area contributed by atoms with Gasteiger partial charge in [-0.25, -0.2) is 0 Å². The Morgan fingerprint density at radius 2 is 2.21 bits per heavy atom. The zero-order valence-corrected chi connectivity index (χ0v) is 12.6. The topological polar surface area (TPSA) is 37.4 Å². The summed E-state index contributed by atoms with van der Waals surface area (Å²) in [4.78, 5) is 6.45. The minimum atomic E-state index is 0.288. The summed E-state index contributed by atoms with van der Waals surface area (Å²) in [6.45, 7) is 9.84. The molecular formula is C15H27N3O. The Morgan fingerprint density at radius 3 is 2.89 bits per heavy atom. The third-order valence-electron chi connectivity index (χ3n) is 2.91. The fourth-order valence-corrected chi connectivity index (χ4v) is 1.87. The van der Waals surface area contributed by atoms with Crippen LogP contribution in [-0.2, 0) is 11.3 Å². The molecule has 1 N–H and O–H groups in total. The van der Waals surface area contributed by atoms with Gasteiger partial charge < -0.3 is 15.0 Å². The molecule has 0 saturated carbocycles. The molecule has 0 aliphatic rings. The molecule has 1 rings (SSSR count). The summed E-state index contributed by atoms with van der Waals surface area (Å²) in [5.41, 5.74) is 2.47. The molecule has 0 unspecified atom stereocenters. The predicted molar refractivity (Wildman–Crippen MR) is 80.6 cm³/mol. The Kier molecular flexibility index (Phi) is 7.45. The van der Waals surface area contributed by atoms with Crippen LogP contribution in [0.3, 0.4) is 0 Å². The van der Waals surface area contributed by atoms with Gasteiger partial charge in [-0.1, -0.05) is 6.92 Å². The van der Waals surface area contributed by atoms with Gasteiger partial charge in [-0.15, -0.1) is 0 Å². The molecule has 4 heteroatoms. The summed E-state index contributed by atoms with van der Waals surface area (Å²) in [7, 11) is 2.10. The second-order valence-corrected chi connectivity index (χ2v) is 5.02. The fraction of sp³-hybridized carbons (Fsp3) is 0.667. The van der Waals surface area contributed by atoms with E-state index in [0.717, 1.165) is 32.7 Å². The first-order valence-electron chi connectivity index (χ1n) is 7.11. The maximum atomic E-state index is 5.60. The lowest BCUT2D eigenvalue weighted by Gasteiger charge is -2.22. The van der Waals surface area contributed by atoms with E-state index < -0.39 is 0 Å². The molecule has 0 aromatic carbocycles. The average Bonchev–Trinajstić information content (AvgIpc) is 2.39. The third kappa shape index (κ3) is 6.03. The minimum Gasteiger partial charge on any atom is -0.377 e. The Balaban J connectivity index is 2.54. The number of nitrogens with one attached hydrogen (secondary N) is 1. The molecule has 1 heterocycles. The number of aromatic nitrogens is 1. The Labute approximate surface area is 117 Å². The van der Waals surface area contributed by atoms with Crippen molar-refractivity contribution in [3.05, 3.63) is 24.0 Å². The molecule has 108 valence electrons. The predicted octanol–water partition coefficient (Wildman–Crippen LogP) is 2.44. The maximum Gasteiger partial charge on any atom is 0.0644 e. The summed E-state index contributed by atoms with van der Waals surface area (Å²) < 4.78 is 5.60. The van der Waals surface area contributed by atoms with Crippen LogP contribution in [0.25, 0.3) is 0 Å². The molecule has 0 fully saturated rings. The van der Waals surface area contributed by atoms with E-state index in [1.165, 1.54) is 11.3 Å². The maximum absolute atomic E-state index is 5.60. The van der Waals surface area contributed by atoms with Crippen LogP contribution in [0.5, 0.6) is 0 Å².